The number of likely N-dealkylation sites (tertiary alicyclic amines) is 1. The fraction of sp³-hybridized carbons (Fsp3) is 0.364. The summed E-state index contributed by atoms with van der Waals surface area (Å²) >= 11 is 1.71. The Hall–Kier alpha value is -2.20. The summed E-state index contributed by atoms with van der Waals surface area (Å²) < 4.78 is 1.19. The third-order valence-electron chi connectivity index (χ3n) is 5.11. The Bertz CT molecular complexity index is 904. The predicted octanol–water partition coefficient (Wildman–Crippen LogP) is 5.57. The van der Waals surface area contributed by atoms with Crippen molar-refractivity contribution in [1.82, 2.24) is 9.88 Å². The van der Waals surface area contributed by atoms with E-state index in [0.29, 0.717) is 0 Å². The number of para-hydroxylation sites is 1. The molecule has 1 fully saturated rings. The molecule has 26 heavy (non-hydrogen) atoms. The van der Waals surface area contributed by atoms with Gasteiger partial charge in [0.25, 0.3) is 5.91 Å². The van der Waals surface area contributed by atoms with Crippen LogP contribution in [0.25, 0.3) is 10.2 Å². The van der Waals surface area contributed by atoms with Gasteiger partial charge in [0.2, 0.25) is 0 Å². The van der Waals surface area contributed by atoms with Crippen LogP contribution < -0.4 is 0 Å². The molecule has 134 valence electrons. The molecule has 0 spiro atoms. The molecule has 1 amide bonds. The van der Waals surface area contributed by atoms with Crippen molar-refractivity contribution in [2.45, 2.75) is 45.1 Å². The maximum atomic E-state index is 13.1. The minimum atomic E-state index is 0.0960. The molecule has 1 aliphatic rings. The molecule has 3 aromatic rings. The maximum Gasteiger partial charge on any atom is 0.254 e. The van der Waals surface area contributed by atoms with E-state index in [1.165, 1.54) is 10.3 Å². The van der Waals surface area contributed by atoms with E-state index in [-0.39, 0.29) is 17.4 Å². The van der Waals surface area contributed by atoms with Crippen molar-refractivity contribution in [3.8, 4) is 0 Å². The standard InChI is InChI=1S/C22H24N2OS/c1-22(2,3)16-12-10-15(11-13-16)21(25)24-14-6-8-18(24)20-23-17-7-4-5-9-19(17)26-20/h4-5,7,9-13,18H,6,8,14H2,1-3H3/t18-/m1/s1. The molecule has 1 atom stereocenters. The summed E-state index contributed by atoms with van der Waals surface area (Å²) in [6.45, 7) is 7.37. The van der Waals surface area contributed by atoms with Gasteiger partial charge >= 0.3 is 0 Å². The van der Waals surface area contributed by atoms with Gasteiger partial charge in [-0.2, -0.15) is 0 Å². The highest BCUT2D eigenvalue weighted by molar-refractivity contribution is 7.18. The monoisotopic (exact) mass is 364 g/mol. The molecular formula is C22H24N2OS. The Morgan fingerprint density at radius 3 is 2.54 bits per heavy atom. The fourth-order valence-electron chi connectivity index (χ4n) is 3.58. The molecule has 1 aliphatic heterocycles. The SMILES string of the molecule is CC(C)(C)c1ccc(C(=O)N2CCC[C@@H]2c2nc3ccccc3s2)cc1. The Morgan fingerprint density at radius 2 is 1.85 bits per heavy atom. The van der Waals surface area contributed by atoms with Gasteiger partial charge in [0.1, 0.15) is 5.01 Å². The lowest BCUT2D eigenvalue weighted by Gasteiger charge is -2.24. The van der Waals surface area contributed by atoms with Crippen LogP contribution in [0.5, 0.6) is 0 Å². The van der Waals surface area contributed by atoms with Crippen molar-refractivity contribution in [3.05, 3.63) is 64.7 Å². The molecule has 0 N–H and O–H groups in total. The Morgan fingerprint density at radius 1 is 1.12 bits per heavy atom. The lowest BCUT2D eigenvalue weighted by molar-refractivity contribution is 0.0735. The second kappa shape index (κ2) is 6.51. The molecule has 2 aromatic carbocycles. The van der Waals surface area contributed by atoms with Crippen molar-refractivity contribution < 1.29 is 4.79 Å². The van der Waals surface area contributed by atoms with Crippen molar-refractivity contribution in [2.75, 3.05) is 6.54 Å². The number of amides is 1. The van der Waals surface area contributed by atoms with Crippen LogP contribution in [0.1, 0.15) is 60.6 Å². The number of benzene rings is 2. The molecule has 4 rings (SSSR count). The fourth-order valence-corrected chi connectivity index (χ4v) is 4.69. The number of nitrogens with zero attached hydrogens (tertiary/aromatic N) is 2. The summed E-state index contributed by atoms with van der Waals surface area (Å²) in [4.78, 5) is 19.9. The first-order valence-electron chi connectivity index (χ1n) is 9.20. The van der Waals surface area contributed by atoms with E-state index in [0.717, 1.165) is 35.5 Å². The van der Waals surface area contributed by atoms with Gasteiger partial charge in [-0.15, -0.1) is 11.3 Å². The van der Waals surface area contributed by atoms with Crippen LogP contribution in [-0.2, 0) is 5.41 Å². The Balaban J connectivity index is 1.60. The zero-order valence-electron chi connectivity index (χ0n) is 15.5. The molecule has 1 saturated heterocycles. The first-order valence-corrected chi connectivity index (χ1v) is 10.0. The number of carbonyl (C=O) groups is 1. The number of rotatable bonds is 2. The average molecular weight is 365 g/mol. The number of aromatic nitrogens is 1. The number of thiazole rings is 1. The van der Waals surface area contributed by atoms with Gasteiger partial charge in [0, 0.05) is 12.1 Å². The second-order valence-electron chi connectivity index (χ2n) is 8.00. The molecule has 3 nitrogen and oxygen atoms in total. The van der Waals surface area contributed by atoms with Crippen LogP contribution in [0.2, 0.25) is 0 Å². The normalized spacial score (nSPS) is 17.8. The van der Waals surface area contributed by atoms with Gasteiger partial charge in [0.15, 0.2) is 0 Å². The second-order valence-corrected chi connectivity index (χ2v) is 9.07. The average Bonchev–Trinajstić information content (AvgIpc) is 3.26. The van der Waals surface area contributed by atoms with Gasteiger partial charge in [-0.25, -0.2) is 4.98 Å². The van der Waals surface area contributed by atoms with Crippen LogP contribution in [0.4, 0.5) is 0 Å². The highest BCUT2D eigenvalue weighted by Crippen LogP contribution is 2.37. The van der Waals surface area contributed by atoms with Gasteiger partial charge in [-0.05, 0) is 48.1 Å². The molecule has 0 radical (unpaired) electrons. The number of hydrogen-bond acceptors (Lipinski definition) is 3. The summed E-state index contributed by atoms with van der Waals surface area (Å²) in [5.74, 6) is 0.118. The first-order chi connectivity index (χ1) is 12.4. The highest BCUT2D eigenvalue weighted by Gasteiger charge is 2.32. The van der Waals surface area contributed by atoms with Gasteiger partial charge in [-0.1, -0.05) is 45.0 Å². The zero-order chi connectivity index (χ0) is 18.3. The van der Waals surface area contributed by atoms with Crippen molar-refractivity contribution in [3.63, 3.8) is 0 Å². The van der Waals surface area contributed by atoms with Crippen LogP contribution in [-0.4, -0.2) is 22.3 Å². The summed E-state index contributed by atoms with van der Waals surface area (Å²) in [5.41, 5.74) is 3.14. The van der Waals surface area contributed by atoms with Crippen LogP contribution in [0.3, 0.4) is 0 Å². The van der Waals surface area contributed by atoms with E-state index in [1.54, 1.807) is 11.3 Å². The highest BCUT2D eigenvalue weighted by atomic mass is 32.1. The Labute approximate surface area is 158 Å². The summed E-state index contributed by atoms with van der Waals surface area (Å²) in [7, 11) is 0. The predicted molar refractivity (Wildman–Crippen MR) is 108 cm³/mol. The third-order valence-corrected chi connectivity index (χ3v) is 6.24. The van der Waals surface area contributed by atoms with E-state index in [4.69, 9.17) is 4.98 Å². The zero-order valence-corrected chi connectivity index (χ0v) is 16.3. The number of fused-ring (bicyclic) bond motifs is 1. The maximum absolute atomic E-state index is 13.1. The largest absolute Gasteiger partial charge is 0.329 e. The number of carbonyl (C=O) groups excluding carboxylic acids is 1. The summed E-state index contributed by atoms with van der Waals surface area (Å²) in [6, 6.07) is 16.4. The van der Waals surface area contributed by atoms with Crippen LogP contribution in [0, 0.1) is 0 Å². The minimum absolute atomic E-state index is 0.0960. The lowest BCUT2D eigenvalue weighted by Crippen LogP contribution is -2.30. The van der Waals surface area contributed by atoms with E-state index >= 15 is 0 Å². The van der Waals surface area contributed by atoms with E-state index in [2.05, 4.69) is 39.0 Å². The lowest BCUT2D eigenvalue weighted by atomic mass is 9.86. The molecule has 0 bridgehead atoms. The molecule has 4 heteroatoms. The first kappa shape index (κ1) is 17.2. The quantitative estimate of drug-likeness (QED) is 0.595. The van der Waals surface area contributed by atoms with Crippen molar-refractivity contribution >= 4 is 27.5 Å². The molecule has 0 aliphatic carbocycles. The van der Waals surface area contributed by atoms with Crippen molar-refractivity contribution in [1.29, 1.82) is 0 Å². The van der Waals surface area contributed by atoms with Gasteiger partial charge in [-0.3, -0.25) is 4.79 Å². The van der Waals surface area contributed by atoms with Gasteiger partial charge in [0.05, 0.1) is 16.3 Å². The summed E-state index contributed by atoms with van der Waals surface area (Å²) in [5, 5.41) is 1.06. The van der Waals surface area contributed by atoms with Crippen LogP contribution in [0.15, 0.2) is 48.5 Å². The molecule has 0 saturated carbocycles. The topological polar surface area (TPSA) is 33.2 Å². The van der Waals surface area contributed by atoms with E-state index in [1.807, 2.05) is 35.2 Å². The van der Waals surface area contributed by atoms with Crippen molar-refractivity contribution in [2.24, 2.45) is 0 Å². The molecular weight excluding hydrogens is 340 g/mol. The third kappa shape index (κ3) is 3.14. The molecule has 2 heterocycles. The molecule has 1 aromatic heterocycles. The molecule has 0 unspecified atom stereocenters. The number of hydrogen-bond donors (Lipinski definition) is 0. The van der Waals surface area contributed by atoms with E-state index in [9.17, 15) is 4.79 Å². The van der Waals surface area contributed by atoms with E-state index < -0.39 is 0 Å². The van der Waals surface area contributed by atoms with Crippen LogP contribution >= 0.6 is 11.3 Å². The Kier molecular flexibility index (Phi) is 4.31. The smallest absolute Gasteiger partial charge is 0.254 e. The van der Waals surface area contributed by atoms with Gasteiger partial charge < -0.3 is 4.90 Å². The minimum Gasteiger partial charge on any atom is -0.329 e. The summed E-state index contributed by atoms with van der Waals surface area (Å²) in [6.07, 6.45) is 2.03.